The summed E-state index contributed by atoms with van der Waals surface area (Å²) in [6, 6.07) is 10.8. The van der Waals surface area contributed by atoms with Crippen molar-refractivity contribution in [1.29, 1.82) is 0 Å². The Kier molecular flexibility index (Phi) is 3.36. The van der Waals surface area contributed by atoms with Gasteiger partial charge in [-0.05, 0) is 12.1 Å². The van der Waals surface area contributed by atoms with Crippen LogP contribution in [0, 0.1) is 0 Å². The van der Waals surface area contributed by atoms with Gasteiger partial charge < -0.3 is 0 Å². The maximum absolute atomic E-state index is 2.43. The van der Waals surface area contributed by atoms with Crippen LogP contribution in [0.5, 0.6) is 0 Å². The average Bonchev–Trinajstić information content (AvgIpc) is 2.89. The van der Waals surface area contributed by atoms with Crippen LogP contribution in [0.2, 0.25) is 11.6 Å². The van der Waals surface area contributed by atoms with Gasteiger partial charge in [-0.15, -0.1) is 0 Å². The van der Waals surface area contributed by atoms with E-state index >= 15 is 0 Å². The molecule has 0 unspecified atom stereocenters. The van der Waals surface area contributed by atoms with Gasteiger partial charge in [0.15, 0.2) is 0 Å². The van der Waals surface area contributed by atoms with Crippen LogP contribution >= 0.6 is 0 Å². The normalized spacial score (nSPS) is 26.0. The minimum absolute atomic E-state index is 0.757. The topological polar surface area (TPSA) is 8.81 Å². The zero-order valence-corrected chi connectivity index (χ0v) is 12.9. The van der Waals surface area contributed by atoms with Crippen LogP contribution in [-0.4, -0.2) is 11.3 Å². The van der Waals surface area contributed by atoms with Crippen LogP contribution in [0.25, 0.3) is 5.69 Å². The van der Waals surface area contributed by atoms with Crippen LogP contribution in [0.15, 0.2) is 42.7 Å². The van der Waals surface area contributed by atoms with E-state index in [1.807, 2.05) is 0 Å². The highest BCUT2D eigenvalue weighted by Crippen LogP contribution is 2.45. The molecule has 0 atom stereocenters. The molecule has 2 bridgehead atoms. The van der Waals surface area contributed by atoms with E-state index in [9.17, 15) is 0 Å². The third kappa shape index (κ3) is 2.23. The molecule has 1 radical (unpaired) electrons. The Balaban J connectivity index is 1.80. The summed E-state index contributed by atoms with van der Waals surface area (Å²) in [7, 11) is 2.22. The first-order valence-electron chi connectivity index (χ1n) is 8.47. The Labute approximate surface area is 127 Å². The molecular formula is C18H24BN2. The molecule has 2 aliphatic heterocycles. The van der Waals surface area contributed by atoms with Crippen LogP contribution in [-0.2, 0) is 7.05 Å². The smallest absolute Gasteiger partial charge is 0.131 e. The number of hydrogen-bond acceptors (Lipinski definition) is 0. The molecule has 3 heterocycles. The third-order valence-electron chi connectivity index (χ3n) is 5.70. The first kappa shape index (κ1) is 13.2. The number of aromatic nitrogens is 2. The van der Waals surface area contributed by atoms with Crippen LogP contribution < -0.4 is 10.3 Å². The van der Waals surface area contributed by atoms with E-state index in [1.54, 1.807) is 0 Å². The molecule has 109 valence electrons. The second kappa shape index (κ2) is 5.36. The van der Waals surface area contributed by atoms with Gasteiger partial charge >= 0.3 is 0 Å². The Morgan fingerprint density at radius 2 is 1.62 bits per heavy atom. The molecule has 0 spiro atoms. The second-order valence-electron chi connectivity index (χ2n) is 6.88. The number of aryl methyl sites for hydroxylation is 1. The quantitative estimate of drug-likeness (QED) is 0.590. The van der Waals surface area contributed by atoms with Gasteiger partial charge in [0.25, 0.3) is 0 Å². The molecule has 0 amide bonds. The number of rotatable bonds is 2. The fourth-order valence-electron chi connectivity index (χ4n) is 4.79. The number of imidazole rings is 1. The second-order valence-corrected chi connectivity index (χ2v) is 6.88. The largest absolute Gasteiger partial charge is 0.276 e. The molecule has 2 fully saturated rings. The van der Waals surface area contributed by atoms with Gasteiger partial charge in [-0.1, -0.05) is 56.7 Å². The highest BCUT2D eigenvalue weighted by atomic mass is 15.1. The number of para-hydroxylation sites is 1. The molecule has 1 aromatic heterocycles. The molecule has 0 aliphatic carbocycles. The highest BCUT2D eigenvalue weighted by molar-refractivity contribution is 6.74. The van der Waals surface area contributed by atoms with Crippen molar-refractivity contribution in [3.8, 4) is 5.69 Å². The first-order chi connectivity index (χ1) is 10.3. The maximum atomic E-state index is 2.43. The highest BCUT2D eigenvalue weighted by Gasteiger charge is 2.34. The molecule has 21 heavy (non-hydrogen) atoms. The van der Waals surface area contributed by atoms with E-state index in [0.29, 0.717) is 0 Å². The summed E-state index contributed by atoms with van der Waals surface area (Å²) in [5.41, 5.74) is 2.83. The molecule has 3 heteroatoms. The van der Waals surface area contributed by atoms with Crippen LogP contribution in [0.1, 0.15) is 38.5 Å². The summed E-state index contributed by atoms with van der Waals surface area (Å²) in [5.74, 6) is 1.81. The minimum Gasteiger partial charge on any atom is -0.276 e. The van der Waals surface area contributed by atoms with E-state index in [2.05, 4.69) is 58.9 Å². The van der Waals surface area contributed by atoms with E-state index in [-0.39, 0.29) is 0 Å². The van der Waals surface area contributed by atoms with Crippen molar-refractivity contribution in [2.45, 2.75) is 50.2 Å². The van der Waals surface area contributed by atoms with Crippen molar-refractivity contribution in [2.24, 2.45) is 7.05 Å². The summed E-state index contributed by atoms with van der Waals surface area (Å²) >= 11 is 0. The lowest BCUT2D eigenvalue weighted by atomic mass is 9.26. The van der Waals surface area contributed by atoms with E-state index in [4.69, 9.17) is 0 Å². The molecule has 2 nitrogen and oxygen atoms in total. The summed E-state index contributed by atoms with van der Waals surface area (Å²) in [6.07, 6.45) is 13.1. The van der Waals surface area contributed by atoms with Gasteiger partial charge in [0.05, 0.1) is 7.05 Å². The number of hydrogen-bond donors (Lipinski definition) is 0. The fraction of sp³-hybridized carbons (Fsp3) is 0.500. The van der Waals surface area contributed by atoms with Crippen molar-refractivity contribution in [3.63, 3.8) is 0 Å². The lowest BCUT2D eigenvalue weighted by Gasteiger charge is -2.49. The summed E-state index contributed by atoms with van der Waals surface area (Å²) in [4.78, 5) is 0. The summed E-state index contributed by atoms with van der Waals surface area (Å²) in [6.45, 7) is 0.757. The molecule has 1 aromatic carbocycles. The molecule has 2 saturated heterocycles. The van der Waals surface area contributed by atoms with E-state index in [0.717, 1.165) is 18.3 Å². The Morgan fingerprint density at radius 1 is 1.00 bits per heavy atom. The fourth-order valence-corrected chi connectivity index (χ4v) is 4.79. The van der Waals surface area contributed by atoms with E-state index in [1.165, 1.54) is 49.9 Å². The zero-order chi connectivity index (χ0) is 14.2. The van der Waals surface area contributed by atoms with Gasteiger partial charge in [-0.3, -0.25) is 4.57 Å². The summed E-state index contributed by atoms with van der Waals surface area (Å²) < 4.78 is 4.80. The molecule has 2 aliphatic rings. The molecular weight excluding hydrogens is 255 g/mol. The van der Waals surface area contributed by atoms with Crippen LogP contribution in [0.4, 0.5) is 0 Å². The van der Waals surface area contributed by atoms with Crippen molar-refractivity contribution in [1.82, 2.24) is 4.57 Å². The van der Waals surface area contributed by atoms with E-state index < -0.39 is 0 Å². The van der Waals surface area contributed by atoms with Gasteiger partial charge in [-0.25, -0.2) is 4.57 Å². The number of nitrogens with zero attached hydrogens (tertiary/aromatic N) is 2. The minimum atomic E-state index is 0.757. The van der Waals surface area contributed by atoms with Crippen molar-refractivity contribution >= 4 is 12.4 Å². The Bertz CT molecular complexity index is 597. The lowest BCUT2D eigenvalue weighted by Crippen LogP contribution is -2.60. The van der Waals surface area contributed by atoms with Gasteiger partial charge in [0.2, 0.25) is 0 Å². The monoisotopic (exact) mass is 279 g/mol. The zero-order valence-electron chi connectivity index (χ0n) is 12.9. The number of benzene rings is 1. The first-order valence-corrected chi connectivity index (χ1v) is 8.47. The standard InChI is InChI=1S/C18H24BN2/c1-20-13-14-21(17-11-3-2-4-12-17)18(20)19-15-7-5-8-16(19)10-6-9-15/h2-4,11-16H,5-10H2,1H3. The Hall–Kier alpha value is -1.51. The average molecular weight is 279 g/mol. The van der Waals surface area contributed by atoms with Gasteiger partial charge in [0, 0.05) is 12.4 Å². The lowest BCUT2D eigenvalue weighted by molar-refractivity contribution is -0.653. The SMILES string of the molecule is C[n+]1ccn(-c2ccccc2)c1[B-]1C2CCCC1CCC2. The number of fused-ring (bicyclic) bond motifs is 2. The van der Waals surface area contributed by atoms with Crippen molar-refractivity contribution in [3.05, 3.63) is 42.7 Å². The molecule has 4 rings (SSSR count). The summed E-state index contributed by atoms with van der Waals surface area (Å²) in [5, 5.41) is 0. The Morgan fingerprint density at radius 3 is 2.24 bits per heavy atom. The van der Waals surface area contributed by atoms with Crippen LogP contribution in [0.3, 0.4) is 0 Å². The third-order valence-corrected chi connectivity index (χ3v) is 5.70. The molecule has 0 N–H and O–H groups in total. The molecule has 0 saturated carbocycles. The maximum Gasteiger partial charge on any atom is 0.131 e. The molecule has 2 aromatic rings. The van der Waals surface area contributed by atoms with Crippen molar-refractivity contribution < 1.29 is 4.57 Å². The predicted molar refractivity (Wildman–Crippen MR) is 87.5 cm³/mol. The van der Waals surface area contributed by atoms with Gasteiger partial charge in [0.1, 0.15) is 18.1 Å². The van der Waals surface area contributed by atoms with Crippen molar-refractivity contribution in [2.75, 3.05) is 0 Å². The predicted octanol–water partition coefficient (Wildman–Crippen LogP) is 3.11. The van der Waals surface area contributed by atoms with Gasteiger partial charge in [-0.2, -0.15) is 11.6 Å².